The lowest BCUT2D eigenvalue weighted by molar-refractivity contribution is 0.0197. The topological polar surface area (TPSA) is 35.5 Å². The lowest BCUT2D eigenvalue weighted by Gasteiger charge is -2.33. The summed E-state index contributed by atoms with van der Waals surface area (Å²) in [7, 11) is 1.37. The summed E-state index contributed by atoms with van der Waals surface area (Å²) in [6, 6.07) is 0. The van der Waals surface area contributed by atoms with E-state index in [-0.39, 0.29) is 5.41 Å². The number of ether oxygens (including phenoxy) is 2. The van der Waals surface area contributed by atoms with Gasteiger partial charge in [0.25, 0.3) is 0 Å². The molecule has 0 unspecified atom stereocenters. The summed E-state index contributed by atoms with van der Waals surface area (Å²) in [6.45, 7) is 7.16. The third-order valence-corrected chi connectivity index (χ3v) is 3.84. The van der Waals surface area contributed by atoms with E-state index < -0.39 is 6.16 Å². The fraction of sp³-hybridized carbons (Fsp3) is 0.938. The van der Waals surface area contributed by atoms with Crippen LogP contribution in [0.2, 0.25) is 0 Å². The maximum absolute atomic E-state index is 11.2. The first-order chi connectivity index (χ1) is 9.14. The molecule has 0 aliphatic rings. The van der Waals surface area contributed by atoms with Crippen molar-refractivity contribution in [3.63, 3.8) is 0 Å². The second kappa shape index (κ2) is 11.1. The van der Waals surface area contributed by atoms with Crippen LogP contribution < -0.4 is 0 Å². The molecule has 0 aliphatic heterocycles. The van der Waals surface area contributed by atoms with E-state index in [1.807, 2.05) is 0 Å². The quantitative estimate of drug-likeness (QED) is 0.477. The molecular formula is C16H32O3. The Bertz CT molecular complexity index is 204. The maximum Gasteiger partial charge on any atom is 0.507 e. The molecule has 3 heteroatoms. The summed E-state index contributed by atoms with van der Waals surface area (Å²) in [6.07, 6.45) is 10.1. The predicted octanol–water partition coefficient (Wildman–Crippen LogP) is 5.33. The molecule has 0 aromatic rings. The lowest BCUT2D eigenvalue weighted by Crippen LogP contribution is -2.29. The van der Waals surface area contributed by atoms with Crippen molar-refractivity contribution in [1.29, 1.82) is 0 Å². The highest BCUT2D eigenvalue weighted by Gasteiger charge is 2.30. The molecule has 0 aromatic carbocycles. The summed E-state index contributed by atoms with van der Waals surface area (Å²) in [5.41, 5.74) is 0.163. The molecule has 0 aromatic heterocycles. The van der Waals surface area contributed by atoms with E-state index in [1.54, 1.807) is 0 Å². The second-order valence-corrected chi connectivity index (χ2v) is 5.55. The smallest absolute Gasteiger partial charge is 0.438 e. The van der Waals surface area contributed by atoms with Gasteiger partial charge in [-0.2, -0.15) is 0 Å². The molecule has 0 aliphatic carbocycles. The van der Waals surface area contributed by atoms with Crippen LogP contribution in [0.25, 0.3) is 0 Å². The minimum absolute atomic E-state index is 0.163. The molecule has 0 atom stereocenters. The fourth-order valence-electron chi connectivity index (χ4n) is 2.52. The Balaban J connectivity index is 4.60. The maximum atomic E-state index is 11.2. The van der Waals surface area contributed by atoms with Crippen LogP contribution in [0, 0.1) is 5.41 Å². The molecule has 114 valence electrons. The highest BCUT2D eigenvalue weighted by molar-refractivity contribution is 5.59. The molecule has 0 N–H and O–H groups in total. The number of methoxy groups -OCH3 is 1. The third-order valence-electron chi connectivity index (χ3n) is 3.84. The Kier molecular flexibility index (Phi) is 10.7. The first-order valence-corrected chi connectivity index (χ1v) is 7.84. The van der Waals surface area contributed by atoms with Crippen molar-refractivity contribution < 1.29 is 14.3 Å². The summed E-state index contributed by atoms with van der Waals surface area (Å²) in [5, 5.41) is 0. The summed E-state index contributed by atoms with van der Waals surface area (Å²) in [5.74, 6) is 0. The van der Waals surface area contributed by atoms with Gasteiger partial charge in [-0.15, -0.1) is 0 Å². The highest BCUT2D eigenvalue weighted by atomic mass is 16.7. The fourth-order valence-corrected chi connectivity index (χ4v) is 2.52. The van der Waals surface area contributed by atoms with E-state index in [0.29, 0.717) is 6.61 Å². The largest absolute Gasteiger partial charge is 0.507 e. The van der Waals surface area contributed by atoms with Gasteiger partial charge in [0.2, 0.25) is 0 Å². The molecule has 0 bridgehead atoms. The molecule has 3 nitrogen and oxygen atoms in total. The summed E-state index contributed by atoms with van der Waals surface area (Å²) < 4.78 is 9.88. The molecule has 0 amide bonds. The van der Waals surface area contributed by atoms with Crippen LogP contribution in [0.4, 0.5) is 4.79 Å². The van der Waals surface area contributed by atoms with Crippen LogP contribution in [-0.2, 0) is 9.47 Å². The molecule has 19 heavy (non-hydrogen) atoms. The van der Waals surface area contributed by atoms with E-state index in [2.05, 4.69) is 25.5 Å². The lowest BCUT2D eigenvalue weighted by atomic mass is 9.75. The van der Waals surface area contributed by atoms with Gasteiger partial charge < -0.3 is 9.47 Å². The Morgan fingerprint density at radius 2 is 1.32 bits per heavy atom. The standard InChI is InChI=1S/C16H32O3/c1-5-8-11-16(12-9-6-2,13-10-7-3)14-19-15(17)18-4/h5-14H2,1-4H3. The zero-order valence-corrected chi connectivity index (χ0v) is 13.3. The highest BCUT2D eigenvalue weighted by Crippen LogP contribution is 2.37. The summed E-state index contributed by atoms with van der Waals surface area (Å²) in [4.78, 5) is 11.2. The van der Waals surface area contributed by atoms with Crippen molar-refractivity contribution in [2.24, 2.45) is 5.41 Å². The Labute approximate surface area is 119 Å². The van der Waals surface area contributed by atoms with Crippen LogP contribution in [0.15, 0.2) is 0 Å². The van der Waals surface area contributed by atoms with Crippen LogP contribution in [0.3, 0.4) is 0 Å². The molecule has 0 spiro atoms. The normalized spacial score (nSPS) is 11.4. The average molecular weight is 272 g/mol. The van der Waals surface area contributed by atoms with E-state index in [9.17, 15) is 4.79 Å². The zero-order chi connectivity index (χ0) is 14.6. The molecule has 0 fully saturated rings. The first-order valence-electron chi connectivity index (χ1n) is 7.84. The van der Waals surface area contributed by atoms with Gasteiger partial charge in [0.05, 0.1) is 7.11 Å². The molecule has 0 heterocycles. The molecule has 0 rings (SSSR count). The summed E-state index contributed by atoms with van der Waals surface area (Å²) >= 11 is 0. The van der Waals surface area contributed by atoms with Gasteiger partial charge in [0.1, 0.15) is 6.61 Å². The Morgan fingerprint density at radius 1 is 0.895 bits per heavy atom. The second-order valence-electron chi connectivity index (χ2n) is 5.55. The van der Waals surface area contributed by atoms with Gasteiger partial charge in [-0.05, 0) is 19.3 Å². The molecule has 0 saturated heterocycles. The predicted molar refractivity (Wildman–Crippen MR) is 79.4 cm³/mol. The number of rotatable bonds is 11. The minimum Gasteiger partial charge on any atom is -0.438 e. The van der Waals surface area contributed by atoms with Crippen molar-refractivity contribution in [3.8, 4) is 0 Å². The van der Waals surface area contributed by atoms with Crippen LogP contribution in [-0.4, -0.2) is 19.9 Å². The van der Waals surface area contributed by atoms with Gasteiger partial charge in [-0.3, -0.25) is 0 Å². The van der Waals surface area contributed by atoms with Gasteiger partial charge in [-0.1, -0.05) is 59.3 Å². The van der Waals surface area contributed by atoms with E-state index in [1.165, 1.54) is 45.6 Å². The van der Waals surface area contributed by atoms with Crippen molar-refractivity contribution in [3.05, 3.63) is 0 Å². The van der Waals surface area contributed by atoms with E-state index >= 15 is 0 Å². The molecule has 0 radical (unpaired) electrons. The van der Waals surface area contributed by atoms with E-state index in [4.69, 9.17) is 4.74 Å². The number of hydrogen-bond acceptors (Lipinski definition) is 3. The van der Waals surface area contributed by atoms with Gasteiger partial charge in [0.15, 0.2) is 0 Å². The Morgan fingerprint density at radius 3 is 1.63 bits per heavy atom. The molecule has 0 saturated carbocycles. The van der Waals surface area contributed by atoms with Crippen molar-refractivity contribution in [2.75, 3.05) is 13.7 Å². The minimum atomic E-state index is -0.547. The number of unbranched alkanes of at least 4 members (excludes halogenated alkanes) is 3. The van der Waals surface area contributed by atoms with Crippen LogP contribution >= 0.6 is 0 Å². The number of hydrogen-bond donors (Lipinski definition) is 0. The first kappa shape index (κ1) is 18.3. The van der Waals surface area contributed by atoms with E-state index in [0.717, 1.165) is 19.3 Å². The third kappa shape index (κ3) is 8.12. The molecular weight excluding hydrogens is 240 g/mol. The van der Waals surface area contributed by atoms with Gasteiger partial charge >= 0.3 is 6.16 Å². The van der Waals surface area contributed by atoms with Crippen LogP contribution in [0.5, 0.6) is 0 Å². The van der Waals surface area contributed by atoms with Crippen LogP contribution in [0.1, 0.15) is 78.6 Å². The van der Waals surface area contributed by atoms with Crippen molar-refractivity contribution in [1.82, 2.24) is 0 Å². The number of carbonyl (C=O) groups excluding carboxylic acids is 1. The van der Waals surface area contributed by atoms with Crippen molar-refractivity contribution >= 4 is 6.16 Å². The van der Waals surface area contributed by atoms with Crippen molar-refractivity contribution in [2.45, 2.75) is 78.6 Å². The SMILES string of the molecule is CCCCC(CCCC)(CCCC)COC(=O)OC. The zero-order valence-electron chi connectivity index (χ0n) is 13.3. The monoisotopic (exact) mass is 272 g/mol. The number of carbonyl (C=O) groups is 1. The Hall–Kier alpha value is -0.730. The van der Waals surface area contributed by atoms with Gasteiger partial charge in [-0.25, -0.2) is 4.79 Å². The van der Waals surface area contributed by atoms with Gasteiger partial charge in [0, 0.05) is 5.41 Å². The average Bonchev–Trinajstić information content (AvgIpc) is 2.45.